The number of hydrogen-bond donors (Lipinski definition) is 1. The number of unbranched alkanes of at least 4 members (excludes halogenated alkanes) is 27. The number of hydrogen-bond acceptors (Lipinski definition) is 7. The number of likely N-dealkylation sites (N-methyl/N-ethyl adjacent to an activating group) is 1. The Hall–Kier alpha value is -3.85. The molecular weight excluding hydrogens is 1090 g/mol. The van der Waals surface area contributed by atoms with Gasteiger partial charge in [0.2, 0.25) is 0 Å². The van der Waals surface area contributed by atoms with Gasteiger partial charge >= 0.3 is 19.8 Å². The number of carbonyl (C=O) groups is 2. The van der Waals surface area contributed by atoms with Crippen LogP contribution in [0.5, 0.6) is 0 Å². The van der Waals surface area contributed by atoms with Crippen molar-refractivity contribution in [1.82, 2.24) is 0 Å². The fourth-order valence-electron chi connectivity index (χ4n) is 9.33. The number of carbonyl (C=O) groups excluding carboxylic acids is 2. The van der Waals surface area contributed by atoms with Gasteiger partial charge in [-0.2, -0.15) is 0 Å². The summed E-state index contributed by atoms with van der Waals surface area (Å²) < 4.78 is 34.7. The zero-order valence-corrected chi connectivity index (χ0v) is 56.9. The summed E-state index contributed by atoms with van der Waals surface area (Å²) in [4.78, 5) is 35.9. The van der Waals surface area contributed by atoms with E-state index in [-0.39, 0.29) is 32.0 Å². The molecule has 86 heavy (non-hydrogen) atoms. The van der Waals surface area contributed by atoms with E-state index in [1.165, 1.54) is 148 Å². The van der Waals surface area contributed by atoms with Crippen LogP contribution in [-0.2, 0) is 32.7 Å². The average molecular weight is 1220 g/mol. The molecule has 0 saturated heterocycles. The molecule has 0 aromatic carbocycles. The molecule has 0 amide bonds. The Balaban J connectivity index is 4.10. The van der Waals surface area contributed by atoms with Crippen LogP contribution in [0.2, 0.25) is 0 Å². The molecule has 0 spiro atoms. The Labute approximate surface area is 530 Å². The molecule has 0 aliphatic carbocycles. The fourth-order valence-corrected chi connectivity index (χ4v) is 10.1. The summed E-state index contributed by atoms with van der Waals surface area (Å²) in [5, 5.41) is 0. The van der Waals surface area contributed by atoms with Gasteiger partial charge in [-0.3, -0.25) is 18.6 Å². The average Bonchev–Trinajstić information content (AvgIpc) is 3.67. The van der Waals surface area contributed by atoms with E-state index in [1.54, 1.807) is 0 Å². The molecule has 0 bridgehead atoms. The highest BCUT2D eigenvalue weighted by molar-refractivity contribution is 7.47. The minimum Gasteiger partial charge on any atom is -0.462 e. The maximum absolute atomic E-state index is 12.9. The summed E-state index contributed by atoms with van der Waals surface area (Å²) in [6, 6.07) is 0. The zero-order chi connectivity index (χ0) is 62.6. The number of rotatable bonds is 63. The number of nitrogens with zero attached hydrogens (tertiary/aromatic N) is 1. The third-order valence-corrected chi connectivity index (χ3v) is 15.6. The first-order valence-corrected chi connectivity index (χ1v) is 36.4. The van der Waals surface area contributed by atoms with Crippen molar-refractivity contribution in [3.63, 3.8) is 0 Å². The van der Waals surface area contributed by atoms with Crippen LogP contribution in [0.4, 0.5) is 0 Å². The largest absolute Gasteiger partial charge is 0.472 e. The Kier molecular flexibility index (Phi) is 62.7. The molecule has 0 saturated carbocycles. The lowest BCUT2D eigenvalue weighted by atomic mass is 10.0. The maximum atomic E-state index is 12.9. The van der Waals surface area contributed by atoms with Crippen molar-refractivity contribution >= 4 is 19.8 Å². The number of allylic oxidation sites excluding steroid dienone is 22. The van der Waals surface area contributed by atoms with Gasteiger partial charge in [-0.1, -0.05) is 289 Å². The summed E-state index contributed by atoms with van der Waals surface area (Å²) in [5.41, 5.74) is 0. The van der Waals surface area contributed by atoms with Gasteiger partial charge in [0, 0.05) is 12.8 Å². The van der Waals surface area contributed by atoms with Gasteiger partial charge in [0.15, 0.2) is 6.10 Å². The first-order valence-electron chi connectivity index (χ1n) is 34.9. The standard InChI is InChI=1S/C76H130NO8P/c1-6-8-10-12-14-16-18-20-22-24-26-28-30-32-33-34-35-36-37-38-39-40-41-42-43-45-47-49-51-53-55-57-59-61-63-65-67-69-76(79)85-74(73-84-86(80,81)83-71-70-77(3,4)5)72-82-75(78)68-66-64-62-60-58-56-54-52-50-48-46-44-31-29-27-25-23-21-19-17-15-13-11-9-7-2/h8,10,14,16,19-22,25-28,31-33,35-36,38-39,41-42,44,74H,6-7,9,11-13,15,17-18,23-24,29-30,34,37,40,43,45-73H2,1-5H3/p+1/b10-8-,16-14-,21-19-,22-20-,27-25-,28-26-,33-32-,36-35-,39-38-,42-41-,44-31-. The molecule has 0 heterocycles. The maximum Gasteiger partial charge on any atom is 0.472 e. The minimum atomic E-state index is -4.40. The summed E-state index contributed by atoms with van der Waals surface area (Å²) in [6.45, 7) is 4.31. The van der Waals surface area contributed by atoms with Crippen LogP contribution >= 0.6 is 7.82 Å². The third-order valence-electron chi connectivity index (χ3n) is 14.7. The lowest BCUT2D eigenvalue weighted by Crippen LogP contribution is -2.37. The fraction of sp³-hybridized carbons (Fsp3) is 0.684. The molecule has 0 aliphatic rings. The molecule has 0 radical (unpaired) electrons. The summed E-state index contributed by atoms with van der Waals surface area (Å²) in [7, 11) is 1.46. The van der Waals surface area contributed by atoms with Crippen molar-refractivity contribution in [3.8, 4) is 0 Å². The van der Waals surface area contributed by atoms with E-state index in [2.05, 4.69) is 148 Å². The molecule has 0 aromatic heterocycles. The number of esters is 2. The van der Waals surface area contributed by atoms with E-state index in [1.807, 2.05) is 21.1 Å². The monoisotopic (exact) mass is 1220 g/mol. The highest BCUT2D eigenvalue weighted by Gasteiger charge is 2.27. The predicted molar refractivity (Wildman–Crippen MR) is 371 cm³/mol. The summed E-state index contributed by atoms with van der Waals surface area (Å²) >= 11 is 0. The van der Waals surface area contributed by atoms with Crippen molar-refractivity contribution in [3.05, 3.63) is 134 Å². The zero-order valence-electron chi connectivity index (χ0n) is 56.0. The van der Waals surface area contributed by atoms with Crippen LogP contribution in [0, 0.1) is 0 Å². The van der Waals surface area contributed by atoms with Gasteiger partial charge in [-0.15, -0.1) is 0 Å². The van der Waals surface area contributed by atoms with Crippen LogP contribution in [0.15, 0.2) is 134 Å². The van der Waals surface area contributed by atoms with Gasteiger partial charge in [0.25, 0.3) is 0 Å². The SMILES string of the molecule is CC/C=C\C/C=C\C/C=C\C/C=C\C/C=C\C/C=C\C/C=C\C/C=C\CCCCCCCCCCCCCCC(=O)OC(COC(=O)CCCCCCCCCCCC/C=C\C/C=C\C/C=C\CCCCCCC)COP(=O)(O)OCC[N+](C)(C)C. The quantitative estimate of drug-likeness (QED) is 0.0211. The van der Waals surface area contributed by atoms with E-state index in [0.717, 1.165) is 103 Å². The Bertz CT molecular complexity index is 1910. The molecular formula is C76H131NO8P+. The molecule has 0 aromatic rings. The van der Waals surface area contributed by atoms with Gasteiger partial charge in [0.1, 0.15) is 19.8 Å². The molecule has 9 nitrogen and oxygen atoms in total. The van der Waals surface area contributed by atoms with E-state index in [0.29, 0.717) is 17.4 Å². The van der Waals surface area contributed by atoms with Gasteiger partial charge in [-0.25, -0.2) is 4.57 Å². The van der Waals surface area contributed by atoms with Crippen LogP contribution in [0.25, 0.3) is 0 Å². The van der Waals surface area contributed by atoms with Gasteiger partial charge < -0.3 is 18.9 Å². The van der Waals surface area contributed by atoms with Gasteiger partial charge in [-0.05, 0) is 116 Å². The Morgan fingerprint density at radius 2 is 0.663 bits per heavy atom. The molecule has 0 rings (SSSR count). The molecule has 2 atom stereocenters. The lowest BCUT2D eigenvalue weighted by molar-refractivity contribution is -0.870. The first-order chi connectivity index (χ1) is 42.0. The summed E-state index contributed by atoms with van der Waals surface area (Å²) in [5.74, 6) is -0.805. The highest BCUT2D eigenvalue weighted by Crippen LogP contribution is 2.43. The van der Waals surface area contributed by atoms with Crippen molar-refractivity contribution in [2.75, 3.05) is 47.5 Å². The van der Waals surface area contributed by atoms with Crippen LogP contribution in [0.1, 0.15) is 284 Å². The number of phosphoric ester groups is 1. The second-order valence-electron chi connectivity index (χ2n) is 24.2. The van der Waals surface area contributed by atoms with E-state index in [4.69, 9.17) is 18.5 Å². The van der Waals surface area contributed by atoms with Crippen LogP contribution in [0.3, 0.4) is 0 Å². The first kappa shape index (κ1) is 82.1. The Morgan fingerprint density at radius 3 is 0.988 bits per heavy atom. The smallest absolute Gasteiger partial charge is 0.462 e. The summed E-state index contributed by atoms with van der Waals surface area (Å²) in [6.07, 6.45) is 95.4. The molecule has 1 N–H and O–H groups in total. The Morgan fingerprint density at radius 1 is 0.372 bits per heavy atom. The number of quaternary nitrogens is 1. The van der Waals surface area contributed by atoms with Crippen molar-refractivity contribution in [2.45, 2.75) is 290 Å². The van der Waals surface area contributed by atoms with Gasteiger partial charge in [0.05, 0.1) is 27.7 Å². The molecule has 0 fully saturated rings. The van der Waals surface area contributed by atoms with E-state index < -0.39 is 26.5 Å². The lowest BCUT2D eigenvalue weighted by Gasteiger charge is -2.24. The topological polar surface area (TPSA) is 108 Å². The third kappa shape index (κ3) is 69.3. The van der Waals surface area contributed by atoms with Crippen molar-refractivity contribution < 1.29 is 42.1 Å². The normalized spacial score (nSPS) is 14.0. The van der Waals surface area contributed by atoms with Crippen LogP contribution in [-0.4, -0.2) is 74.9 Å². The number of ether oxygens (including phenoxy) is 2. The van der Waals surface area contributed by atoms with Crippen LogP contribution < -0.4 is 0 Å². The van der Waals surface area contributed by atoms with Crippen molar-refractivity contribution in [2.24, 2.45) is 0 Å². The second kappa shape index (κ2) is 65.6. The molecule has 10 heteroatoms. The minimum absolute atomic E-state index is 0.0252. The number of phosphoric acid groups is 1. The van der Waals surface area contributed by atoms with E-state index >= 15 is 0 Å². The molecule has 0 aliphatic heterocycles. The highest BCUT2D eigenvalue weighted by atomic mass is 31.2. The van der Waals surface area contributed by atoms with Crippen molar-refractivity contribution in [1.29, 1.82) is 0 Å². The molecule has 492 valence electrons. The molecule has 2 unspecified atom stereocenters. The van der Waals surface area contributed by atoms with E-state index in [9.17, 15) is 19.0 Å². The predicted octanol–water partition coefficient (Wildman–Crippen LogP) is 22.8. The second-order valence-corrected chi connectivity index (χ2v) is 25.6.